The second kappa shape index (κ2) is 13.1. The maximum Gasteiger partial charge on any atom is 0.140 e. The number of ether oxygens (including phenoxy) is 1. The highest BCUT2D eigenvalue weighted by Crippen LogP contribution is 2.36. The Kier molecular flexibility index (Phi) is 9.39. The highest BCUT2D eigenvalue weighted by Gasteiger charge is 2.26. The maximum absolute atomic E-state index is 9.72. The van der Waals surface area contributed by atoms with Gasteiger partial charge in [0, 0.05) is 30.3 Å². The molecule has 0 amide bonds. The SMILES string of the molecule is CCCCC(NCc1ccc(O)cc1)c1c(-c2ccc(OC)cc2)nc(-c2ccccc2)n1CCCC. The first-order chi connectivity index (χ1) is 18.1. The third-order valence-corrected chi connectivity index (χ3v) is 6.80. The van der Waals surface area contributed by atoms with Crippen LogP contribution < -0.4 is 10.1 Å². The van der Waals surface area contributed by atoms with Gasteiger partial charge in [-0.2, -0.15) is 0 Å². The molecule has 0 bridgehead atoms. The van der Waals surface area contributed by atoms with Crippen molar-refractivity contribution < 1.29 is 9.84 Å². The van der Waals surface area contributed by atoms with Gasteiger partial charge in [0.05, 0.1) is 18.5 Å². The van der Waals surface area contributed by atoms with Crippen molar-refractivity contribution in [2.24, 2.45) is 0 Å². The van der Waals surface area contributed by atoms with Crippen LogP contribution in [0.1, 0.15) is 63.3 Å². The molecule has 5 heteroatoms. The van der Waals surface area contributed by atoms with E-state index in [-0.39, 0.29) is 6.04 Å². The molecule has 1 atom stereocenters. The summed E-state index contributed by atoms with van der Waals surface area (Å²) < 4.78 is 7.87. The lowest BCUT2D eigenvalue weighted by Crippen LogP contribution is -2.24. The van der Waals surface area contributed by atoms with Crippen LogP contribution in [0.5, 0.6) is 11.5 Å². The fraction of sp³-hybridized carbons (Fsp3) is 0.344. The molecule has 2 N–H and O–H groups in total. The van der Waals surface area contributed by atoms with Crippen LogP contribution in [0.15, 0.2) is 78.9 Å². The third-order valence-electron chi connectivity index (χ3n) is 6.80. The van der Waals surface area contributed by atoms with Crippen molar-refractivity contribution in [3.8, 4) is 34.1 Å². The minimum absolute atomic E-state index is 0.132. The van der Waals surface area contributed by atoms with Gasteiger partial charge in [0.25, 0.3) is 0 Å². The number of benzene rings is 3. The molecule has 0 radical (unpaired) electrons. The molecular formula is C32H39N3O2. The Hall–Kier alpha value is -3.57. The van der Waals surface area contributed by atoms with Crippen molar-refractivity contribution in [3.63, 3.8) is 0 Å². The van der Waals surface area contributed by atoms with E-state index in [0.29, 0.717) is 5.75 Å². The smallest absolute Gasteiger partial charge is 0.140 e. The number of rotatable bonds is 13. The summed E-state index contributed by atoms with van der Waals surface area (Å²) in [6.45, 7) is 6.12. The number of aromatic hydroxyl groups is 1. The van der Waals surface area contributed by atoms with Crippen molar-refractivity contribution >= 4 is 0 Å². The molecule has 0 aliphatic carbocycles. The number of imidazole rings is 1. The quantitative estimate of drug-likeness (QED) is 0.198. The van der Waals surface area contributed by atoms with Crippen LogP contribution >= 0.6 is 0 Å². The van der Waals surface area contributed by atoms with Crippen LogP contribution in [0.2, 0.25) is 0 Å². The van der Waals surface area contributed by atoms with Gasteiger partial charge >= 0.3 is 0 Å². The number of hydrogen-bond acceptors (Lipinski definition) is 4. The van der Waals surface area contributed by atoms with E-state index in [1.54, 1.807) is 19.2 Å². The normalized spacial score (nSPS) is 12.0. The summed E-state index contributed by atoms with van der Waals surface area (Å²) in [7, 11) is 1.70. The molecule has 5 nitrogen and oxygen atoms in total. The van der Waals surface area contributed by atoms with E-state index in [2.05, 4.69) is 66.2 Å². The average Bonchev–Trinajstić information content (AvgIpc) is 3.32. The molecule has 3 aromatic carbocycles. The standard InChI is InChI=1S/C32H39N3O2/c1-4-6-13-29(33-23-24-14-18-27(36)19-15-24)31-30(25-16-20-28(37-3)21-17-25)34-32(35(31)22-7-5-2)26-11-9-8-10-12-26/h8-12,14-21,29,33,36H,4-7,13,22-23H2,1-3H3. The molecule has 0 aliphatic rings. The fourth-order valence-electron chi connectivity index (χ4n) is 4.73. The molecule has 0 fully saturated rings. The van der Waals surface area contributed by atoms with Gasteiger partial charge in [0.15, 0.2) is 0 Å². The summed E-state index contributed by atoms with van der Waals surface area (Å²) in [5, 5.41) is 13.6. The van der Waals surface area contributed by atoms with Crippen molar-refractivity contribution in [2.75, 3.05) is 7.11 Å². The van der Waals surface area contributed by atoms with Crippen LogP contribution in [0, 0.1) is 0 Å². The maximum atomic E-state index is 9.72. The van der Waals surface area contributed by atoms with Gasteiger partial charge in [-0.25, -0.2) is 4.98 Å². The van der Waals surface area contributed by atoms with E-state index in [4.69, 9.17) is 9.72 Å². The second-order valence-corrected chi connectivity index (χ2v) is 9.51. The van der Waals surface area contributed by atoms with E-state index in [1.165, 1.54) is 5.69 Å². The number of unbranched alkanes of at least 4 members (excludes halogenated alkanes) is 2. The lowest BCUT2D eigenvalue weighted by Gasteiger charge is -2.23. The Balaban J connectivity index is 1.84. The first-order valence-electron chi connectivity index (χ1n) is 13.5. The molecule has 37 heavy (non-hydrogen) atoms. The Morgan fingerprint density at radius 3 is 2.22 bits per heavy atom. The number of methoxy groups -OCH3 is 1. The predicted octanol–water partition coefficient (Wildman–Crippen LogP) is 7.75. The predicted molar refractivity (Wildman–Crippen MR) is 152 cm³/mol. The molecule has 4 rings (SSSR count). The van der Waals surface area contributed by atoms with Gasteiger partial charge in [-0.1, -0.05) is 75.6 Å². The van der Waals surface area contributed by atoms with E-state index in [9.17, 15) is 5.11 Å². The van der Waals surface area contributed by atoms with E-state index in [1.807, 2.05) is 24.3 Å². The highest BCUT2D eigenvalue weighted by molar-refractivity contribution is 5.69. The van der Waals surface area contributed by atoms with Crippen molar-refractivity contribution in [3.05, 3.63) is 90.1 Å². The number of aromatic nitrogens is 2. The Labute approximate surface area is 221 Å². The number of hydrogen-bond donors (Lipinski definition) is 2. The summed E-state index contributed by atoms with van der Waals surface area (Å²) >= 11 is 0. The Bertz CT molecular complexity index is 1230. The van der Waals surface area contributed by atoms with E-state index >= 15 is 0 Å². The fourth-order valence-corrected chi connectivity index (χ4v) is 4.73. The summed E-state index contributed by atoms with van der Waals surface area (Å²) in [5.74, 6) is 2.15. The summed E-state index contributed by atoms with van der Waals surface area (Å²) in [6.07, 6.45) is 5.47. The zero-order valence-electron chi connectivity index (χ0n) is 22.3. The second-order valence-electron chi connectivity index (χ2n) is 9.51. The monoisotopic (exact) mass is 497 g/mol. The molecule has 194 valence electrons. The van der Waals surface area contributed by atoms with Gasteiger partial charge < -0.3 is 19.7 Å². The molecule has 0 saturated heterocycles. The first kappa shape index (κ1) is 26.5. The number of nitrogens with one attached hydrogen (secondary N) is 1. The highest BCUT2D eigenvalue weighted by atomic mass is 16.5. The Morgan fingerprint density at radius 1 is 0.865 bits per heavy atom. The zero-order chi connectivity index (χ0) is 26.0. The van der Waals surface area contributed by atoms with Crippen molar-refractivity contribution in [1.29, 1.82) is 0 Å². The number of nitrogens with zero attached hydrogens (tertiary/aromatic N) is 2. The molecule has 1 unspecified atom stereocenters. The van der Waals surface area contributed by atoms with E-state index < -0.39 is 0 Å². The molecular weight excluding hydrogens is 458 g/mol. The lowest BCUT2D eigenvalue weighted by molar-refractivity contribution is 0.415. The van der Waals surface area contributed by atoms with Crippen molar-refractivity contribution in [2.45, 2.75) is 65.1 Å². The van der Waals surface area contributed by atoms with Gasteiger partial charge in [-0.3, -0.25) is 0 Å². The van der Waals surface area contributed by atoms with Gasteiger partial charge in [0.2, 0.25) is 0 Å². The Morgan fingerprint density at radius 2 is 1.57 bits per heavy atom. The van der Waals surface area contributed by atoms with E-state index in [0.717, 1.165) is 79.2 Å². The van der Waals surface area contributed by atoms with Crippen LogP contribution in [0.4, 0.5) is 0 Å². The topological polar surface area (TPSA) is 59.3 Å². The minimum Gasteiger partial charge on any atom is -0.508 e. The summed E-state index contributed by atoms with van der Waals surface area (Å²) in [4.78, 5) is 5.30. The van der Waals surface area contributed by atoms with Gasteiger partial charge in [-0.05, 0) is 54.8 Å². The lowest BCUT2D eigenvalue weighted by atomic mass is 10.00. The van der Waals surface area contributed by atoms with Gasteiger partial charge in [-0.15, -0.1) is 0 Å². The molecule has 1 aromatic heterocycles. The average molecular weight is 498 g/mol. The third kappa shape index (κ3) is 6.60. The number of phenols is 1. The number of phenolic OH excluding ortho intramolecular Hbond substituents is 1. The zero-order valence-corrected chi connectivity index (χ0v) is 22.3. The molecule has 1 heterocycles. The molecule has 0 spiro atoms. The van der Waals surface area contributed by atoms with Crippen LogP contribution in [-0.2, 0) is 13.1 Å². The van der Waals surface area contributed by atoms with Crippen LogP contribution in [-0.4, -0.2) is 21.8 Å². The molecule has 4 aromatic rings. The summed E-state index contributed by atoms with van der Waals surface area (Å²) in [5.41, 5.74) is 5.64. The van der Waals surface area contributed by atoms with Crippen LogP contribution in [0.25, 0.3) is 22.6 Å². The molecule has 0 aliphatic heterocycles. The first-order valence-corrected chi connectivity index (χ1v) is 13.5. The van der Waals surface area contributed by atoms with Crippen molar-refractivity contribution in [1.82, 2.24) is 14.9 Å². The van der Waals surface area contributed by atoms with Gasteiger partial charge in [0.1, 0.15) is 17.3 Å². The summed E-state index contributed by atoms with van der Waals surface area (Å²) in [6, 6.07) is 26.4. The largest absolute Gasteiger partial charge is 0.508 e. The van der Waals surface area contributed by atoms with Crippen LogP contribution in [0.3, 0.4) is 0 Å². The minimum atomic E-state index is 0.132. The molecule has 0 saturated carbocycles.